The van der Waals surface area contributed by atoms with Crippen molar-refractivity contribution in [1.82, 2.24) is 5.32 Å². The maximum atomic E-state index is 4.03. The summed E-state index contributed by atoms with van der Waals surface area (Å²) in [6, 6.07) is 1.56. The van der Waals surface area contributed by atoms with E-state index in [9.17, 15) is 0 Å². The first kappa shape index (κ1) is 14.4. The minimum atomic E-state index is 0.464. The number of rotatable bonds is 2. The van der Waals surface area contributed by atoms with Gasteiger partial charge in [0.2, 0.25) is 0 Å². The van der Waals surface area contributed by atoms with Crippen LogP contribution >= 0.6 is 0 Å². The van der Waals surface area contributed by atoms with Crippen LogP contribution in [0.15, 0.2) is 0 Å². The summed E-state index contributed by atoms with van der Waals surface area (Å²) in [6.45, 7) is 12.1. The standard InChI is InChI=1S/C17H33N/c1-16(2,3)14-8-6-7-9-15(14)18-13-10-11-17(4,5)12-13/h13-15,18H,6-12H2,1-5H3. The van der Waals surface area contributed by atoms with Crippen molar-refractivity contribution in [1.29, 1.82) is 0 Å². The SMILES string of the molecule is CC1(C)CCC(NC2CCCCC2C(C)(C)C)C1. The summed E-state index contributed by atoms with van der Waals surface area (Å²) in [5.41, 5.74) is 1.04. The molecule has 1 heteroatoms. The summed E-state index contributed by atoms with van der Waals surface area (Å²) in [4.78, 5) is 0. The highest BCUT2D eigenvalue weighted by Crippen LogP contribution is 2.41. The minimum absolute atomic E-state index is 0.464. The number of hydrogen-bond donors (Lipinski definition) is 1. The van der Waals surface area contributed by atoms with E-state index in [-0.39, 0.29) is 0 Å². The fraction of sp³-hybridized carbons (Fsp3) is 1.00. The molecule has 1 nitrogen and oxygen atoms in total. The second kappa shape index (κ2) is 5.15. The van der Waals surface area contributed by atoms with E-state index >= 15 is 0 Å². The monoisotopic (exact) mass is 251 g/mol. The molecule has 18 heavy (non-hydrogen) atoms. The molecule has 2 saturated carbocycles. The zero-order valence-corrected chi connectivity index (χ0v) is 13.2. The van der Waals surface area contributed by atoms with Crippen molar-refractivity contribution in [3.8, 4) is 0 Å². The van der Waals surface area contributed by atoms with Crippen LogP contribution in [0.2, 0.25) is 0 Å². The fourth-order valence-electron chi connectivity index (χ4n) is 4.25. The van der Waals surface area contributed by atoms with Crippen LogP contribution in [0.1, 0.15) is 79.6 Å². The molecule has 2 fully saturated rings. The summed E-state index contributed by atoms with van der Waals surface area (Å²) in [5, 5.41) is 4.03. The van der Waals surface area contributed by atoms with Gasteiger partial charge in [0.1, 0.15) is 0 Å². The molecule has 0 heterocycles. The molecule has 2 aliphatic rings. The normalized spacial score (nSPS) is 36.8. The Morgan fingerprint density at radius 3 is 2.22 bits per heavy atom. The van der Waals surface area contributed by atoms with Gasteiger partial charge in [-0.05, 0) is 48.9 Å². The van der Waals surface area contributed by atoms with Gasteiger partial charge in [-0.15, -0.1) is 0 Å². The van der Waals surface area contributed by atoms with Crippen LogP contribution in [0.25, 0.3) is 0 Å². The molecule has 2 aliphatic carbocycles. The van der Waals surface area contributed by atoms with Crippen LogP contribution < -0.4 is 5.32 Å². The first-order valence-electron chi connectivity index (χ1n) is 8.04. The van der Waals surface area contributed by atoms with Crippen LogP contribution in [-0.2, 0) is 0 Å². The Morgan fingerprint density at radius 1 is 1.00 bits per heavy atom. The van der Waals surface area contributed by atoms with E-state index in [4.69, 9.17) is 0 Å². The van der Waals surface area contributed by atoms with Crippen LogP contribution in [0.4, 0.5) is 0 Å². The van der Waals surface area contributed by atoms with E-state index in [0.717, 1.165) is 18.0 Å². The molecule has 0 aromatic heterocycles. The Morgan fingerprint density at radius 2 is 1.67 bits per heavy atom. The smallest absolute Gasteiger partial charge is 0.0103 e. The molecule has 3 unspecified atom stereocenters. The largest absolute Gasteiger partial charge is 0.311 e. The average molecular weight is 251 g/mol. The Hall–Kier alpha value is -0.0400. The van der Waals surface area contributed by atoms with Crippen LogP contribution in [0.5, 0.6) is 0 Å². The molecule has 0 aromatic rings. The lowest BCUT2D eigenvalue weighted by atomic mass is 9.69. The van der Waals surface area contributed by atoms with Crippen molar-refractivity contribution >= 4 is 0 Å². The van der Waals surface area contributed by atoms with Crippen molar-refractivity contribution < 1.29 is 0 Å². The Balaban J connectivity index is 1.94. The first-order chi connectivity index (χ1) is 8.28. The molecule has 3 atom stereocenters. The van der Waals surface area contributed by atoms with Crippen molar-refractivity contribution in [3.05, 3.63) is 0 Å². The summed E-state index contributed by atoms with van der Waals surface area (Å²) in [6.07, 6.45) is 9.87. The number of nitrogens with one attached hydrogen (secondary N) is 1. The van der Waals surface area contributed by atoms with E-state index in [1.807, 2.05) is 0 Å². The first-order valence-corrected chi connectivity index (χ1v) is 8.04. The van der Waals surface area contributed by atoms with Crippen LogP contribution in [0, 0.1) is 16.7 Å². The van der Waals surface area contributed by atoms with Gasteiger partial charge in [-0.1, -0.05) is 47.5 Å². The van der Waals surface area contributed by atoms with E-state index in [1.165, 1.54) is 44.9 Å². The van der Waals surface area contributed by atoms with Crippen molar-refractivity contribution in [2.45, 2.75) is 91.6 Å². The van der Waals surface area contributed by atoms with Gasteiger partial charge < -0.3 is 5.32 Å². The van der Waals surface area contributed by atoms with Gasteiger partial charge in [-0.3, -0.25) is 0 Å². The van der Waals surface area contributed by atoms with Gasteiger partial charge in [0.05, 0.1) is 0 Å². The molecule has 2 rings (SSSR count). The predicted octanol–water partition coefficient (Wildman–Crippen LogP) is 4.76. The topological polar surface area (TPSA) is 12.0 Å². The highest BCUT2D eigenvalue weighted by molar-refractivity contribution is 4.93. The lowest BCUT2D eigenvalue weighted by Crippen LogP contribution is -2.47. The molecule has 106 valence electrons. The third kappa shape index (κ3) is 3.50. The lowest BCUT2D eigenvalue weighted by Gasteiger charge is -2.42. The summed E-state index contributed by atoms with van der Waals surface area (Å²) in [7, 11) is 0. The molecular formula is C17H33N. The van der Waals surface area contributed by atoms with Crippen molar-refractivity contribution in [2.75, 3.05) is 0 Å². The third-order valence-electron chi connectivity index (χ3n) is 5.30. The zero-order chi connectivity index (χ0) is 13.4. The molecule has 0 bridgehead atoms. The molecule has 0 amide bonds. The third-order valence-corrected chi connectivity index (χ3v) is 5.30. The summed E-state index contributed by atoms with van der Waals surface area (Å²) < 4.78 is 0. The molecule has 0 aliphatic heterocycles. The predicted molar refractivity (Wildman–Crippen MR) is 79.8 cm³/mol. The maximum absolute atomic E-state index is 4.03. The van der Waals surface area contributed by atoms with Gasteiger partial charge in [0.25, 0.3) is 0 Å². The van der Waals surface area contributed by atoms with Crippen molar-refractivity contribution in [3.63, 3.8) is 0 Å². The minimum Gasteiger partial charge on any atom is -0.311 e. The average Bonchev–Trinajstić information content (AvgIpc) is 2.57. The quantitative estimate of drug-likeness (QED) is 0.746. The molecule has 1 N–H and O–H groups in total. The fourth-order valence-corrected chi connectivity index (χ4v) is 4.25. The van der Waals surface area contributed by atoms with E-state index in [1.54, 1.807) is 0 Å². The molecule has 0 spiro atoms. The van der Waals surface area contributed by atoms with Gasteiger partial charge in [-0.2, -0.15) is 0 Å². The van der Waals surface area contributed by atoms with E-state index in [2.05, 4.69) is 39.9 Å². The highest BCUT2D eigenvalue weighted by atomic mass is 15.0. The van der Waals surface area contributed by atoms with Gasteiger partial charge in [0, 0.05) is 12.1 Å². The van der Waals surface area contributed by atoms with E-state index in [0.29, 0.717) is 10.8 Å². The highest BCUT2D eigenvalue weighted by Gasteiger charge is 2.37. The number of hydrogen-bond acceptors (Lipinski definition) is 1. The Kier molecular flexibility index (Phi) is 4.11. The summed E-state index contributed by atoms with van der Waals surface area (Å²) in [5.74, 6) is 0.870. The second-order valence-corrected chi connectivity index (χ2v) is 8.63. The maximum Gasteiger partial charge on any atom is 0.0103 e. The Labute approximate surface area is 114 Å². The van der Waals surface area contributed by atoms with E-state index < -0.39 is 0 Å². The van der Waals surface area contributed by atoms with Gasteiger partial charge in [-0.25, -0.2) is 0 Å². The van der Waals surface area contributed by atoms with Gasteiger partial charge in [0.15, 0.2) is 0 Å². The lowest BCUT2D eigenvalue weighted by molar-refractivity contribution is 0.122. The zero-order valence-electron chi connectivity index (χ0n) is 13.2. The second-order valence-electron chi connectivity index (χ2n) is 8.63. The Bertz CT molecular complexity index is 274. The summed E-state index contributed by atoms with van der Waals surface area (Å²) >= 11 is 0. The molecular weight excluding hydrogens is 218 g/mol. The molecule has 0 radical (unpaired) electrons. The van der Waals surface area contributed by atoms with Gasteiger partial charge >= 0.3 is 0 Å². The van der Waals surface area contributed by atoms with Crippen molar-refractivity contribution in [2.24, 2.45) is 16.7 Å². The van der Waals surface area contributed by atoms with Crippen LogP contribution in [0.3, 0.4) is 0 Å². The molecule has 0 saturated heterocycles. The molecule has 0 aromatic carbocycles. The van der Waals surface area contributed by atoms with Crippen LogP contribution in [-0.4, -0.2) is 12.1 Å².